The van der Waals surface area contributed by atoms with E-state index in [9.17, 15) is 35.9 Å². The number of piperidine rings is 1. The topological polar surface area (TPSA) is 79.9 Å². The van der Waals surface area contributed by atoms with Crippen LogP contribution in [0.4, 0.5) is 43.4 Å². The highest BCUT2D eigenvalue weighted by Gasteiger charge is 2.54. The van der Waals surface area contributed by atoms with Crippen LogP contribution in [0, 0.1) is 13.8 Å². The van der Waals surface area contributed by atoms with Gasteiger partial charge in [0.05, 0.1) is 20.3 Å². The number of carbonyl (C=O) groups is 2. The highest BCUT2D eigenvalue weighted by molar-refractivity contribution is 6.41. The van der Waals surface area contributed by atoms with Gasteiger partial charge in [-0.25, -0.2) is 0 Å². The number of benzene rings is 2. The molecule has 7 nitrogen and oxygen atoms in total. The maximum atomic E-state index is 11.2. The largest absolute Gasteiger partial charge is 0.496 e. The zero-order valence-electron chi connectivity index (χ0n) is 22.1. The number of fused-ring (bicyclic) bond motifs is 3. The van der Waals surface area contributed by atoms with Crippen LogP contribution in [-0.2, 0) is 20.9 Å². The van der Waals surface area contributed by atoms with Crippen molar-refractivity contribution >= 4 is 28.6 Å². The minimum Gasteiger partial charge on any atom is -0.496 e. The molecule has 3 aliphatic rings. The lowest BCUT2D eigenvalue weighted by molar-refractivity contribution is -0.193. The van der Waals surface area contributed by atoms with Crippen LogP contribution in [0.15, 0.2) is 24.3 Å². The molecule has 2 N–H and O–H groups in total. The van der Waals surface area contributed by atoms with E-state index in [4.69, 9.17) is 9.47 Å². The molecule has 0 bridgehead atoms. The molecular weight excluding hydrogens is 544 g/mol. The van der Waals surface area contributed by atoms with Crippen molar-refractivity contribution in [1.29, 1.82) is 0 Å². The molecule has 5 rings (SSSR count). The fourth-order valence-corrected chi connectivity index (χ4v) is 5.63. The van der Waals surface area contributed by atoms with Gasteiger partial charge in [0.25, 0.3) is 0 Å². The number of halogens is 6. The first kappa shape index (κ1) is 29.7. The summed E-state index contributed by atoms with van der Waals surface area (Å²) >= 11 is 0. The fourth-order valence-electron chi connectivity index (χ4n) is 5.63. The first-order valence-electron chi connectivity index (χ1n) is 12.6. The number of ether oxygens (including phenoxy) is 2. The van der Waals surface area contributed by atoms with E-state index in [1.165, 1.54) is 23.2 Å². The van der Waals surface area contributed by atoms with Crippen LogP contribution >= 0.6 is 0 Å². The summed E-state index contributed by atoms with van der Waals surface area (Å²) in [6, 6.07) is 9.56. The highest BCUT2D eigenvalue weighted by atomic mass is 19.4. The summed E-state index contributed by atoms with van der Waals surface area (Å²) in [5.74, 6) is -5.28. The number of ketones is 2. The maximum Gasteiger partial charge on any atom is 0.458 e. The molecule has 0 spiro atoms. The third kappa shape index (κ3) is 6.04. The summed E-state index contributed by atoms with van der Waals surface area (Å²) in [5.41, 5.74) is 8.77. The van der Waals surface area contributed by atoms with Gasteiger partial charge in [0.1, 0.15) is 5.75 Å². The molecule has 0 aromatic heterocycles. The average Bonchev–Trinajstić information content (AvgIpc) is 3.02. The molecule has 2 atom stereocenters. The van der Waals surface area contributed by atoms with Gasteiger partial charge in [0.15, 0.2) is 0 Å². The smallest absolute Gasteiger partial charge is 0.458 e. The summed E-state index contributed by atoms with van der Waals surface area (Å²) < 4.78 is 78.4. The molecule has 1 saturated heterocycles. The van der Waals surface area contributed by atoms with Crippen LogP contribution in [0.3, 0.4) is 0 Å². The number of alkyl halides is 6. The lowest BCUT2D eigenvalue weighted by atomic mass is 9.89. The van der Waals surface area contributed by atoms with Gasteiger partial charge in [-0.15, -0.1) is 0 Å². The first-order chi connectivity index (χ1) is 18.7. The van der Waals surface area contributed by atoms with E-state index < -0.39 is 23.9 Å². The molecule has 2 aromatic rings. The fraction of sp³-hybridized carbons (Fsp3) is 0.481. The summed E-state index contributed by atoms with van der Waals surface area (Å²) in [6.07, 6.45) is -10.3. The molecule has 40 heavy (non-hydrogen) atoms. The van der Waals surface area contributed by atoms with Crippen molar-refractivity contribution in [2.75, 3.05) is 43.6 Å². The molecule has 0 radical (unpaired) electrons. The van der Waals surface area contributed by atoms with Gasteiger partial charge in [-0.2, -0.15) is 26.3 Å². The van der Waals surface area contributed by atoms with Gasteiger partial charge in [0.2, 0.25) is 0 Å². The number of methoxy groups -OCH3 is 1. The van der Waals surface area contributed by atoms with E-state index in [1.807, 2.05) is 0 Å². The van der Waals surface area contributed by atoms with E-state index in [2.05, 4.69) is 53.6 Å². The van der Waals surface area contributed by atoms with Crippen molar-refractivity contribution in [2.45, 2.75) is 51.2 Å². The quantitative estimate of drug-likeness (QED) is 0.389. The molecular formula is C27H29F6N3O4. The highest BCUT2D eigenvalue weighted by Crippen LogP contribution is 2.47. The van der Waals surface area contributed by atoms with Crippen molar-refractivity contribution in [1.82, 2.24) is 5.32 Å². The Morgan fingerprint density at radius 1 is 1.00 bits per heavy atom. The number of nitrogens with one attached hydrogen (secondary N) is 2. The normalized spacial score (nSPS) is 20.0. The monoisotopic (exact) mass is 573 g/mol. The minimum absolute atomic E-state index is 0.571. The maximum absolute atomic E-state index is 11.2. The van der Waals surface area contributed by atoms with Gasteiger partial charge < -0.3 is 25.0 Å². The molecule has 3 aliphatic heterocycles. The van der Waals surface area contributed by atoms with E-state index in [0.29, 0.717) is 18.6 Å². The van der Waals surface area contributed by atoms with Crippen LogP contribution in [0.5, 0.6) is 5.75 Å². The second-order valence-corrected chi connectivity index (χ2v) is 9.91. The van der Waals surface area contributed by atoms with Gasteiger partial charge in [-0.05, 0) is 67.8 Å². The standard InChI is InChI=1S/C23H29N3O2.C4F6O2/c1-14-8-17(9-15(2)23(14)27-3)25-18-10-16-13-28-7-6-26-21-4-5-24-12-20(21)19(11-18)22(16)26;5-3(6,7)1(11)2(12)4(8,9)10/h8-11,20-21,24-25H,4-7,12-13H2,1-3H3;/t20-,21-;/m0./s1. The Morgan fingerprint density at radius 3 is 2.17 bits per heavy atom. The Balaban J connectivity index is 0.000000263. The Kier molecular flexibility index (Phi) is 8.36. The molecule has 3 heterocycles. The van der Waals surface area contributed by atoms with Crippen molar-refractivity contribution in [2.24, 2.45) is 0 Å². The number of anilines is 3. The van der Waals surface area contributed by atoms with Crippen molar-refractivity contribution in [3.8, 4) is 5.75 Å². The lowest BCUT2D eigenvalue weighted by Crippen LogP contribution is -2.44. The number of carbonyl (C=O) groups excluding carboxylic acids is 2. The molecule has 1 fully saturated rings. The Hall–Kier alpha value is -3.32. The predicted molar refractivity (Wildman–Crippen MR) is 135 cm³/mol. The zero-order valence-corrected chi connectivity index (χ0v) is 22.1. The third-order valence-electron chi connectivity index (χ3n) is 7.16. The zero-order chi connectivity index (χ0) is 29.4. The second-order valence-electron chi connectivity index (χ2n) is 9.91. The molecule has 0 aliphatic carbocycles. The molecule has 13 heteroatoms. The molecule has 0 amide bonds. The van der Waals surface area contributed by atoms with Gasteiger partial charge in [0, 0.05) is 47.7 Å². The summed E-state index contributed by atoms with van der Waals surface area (Å²) in [5, 5.41) is 7.25. The lowest BCUT2D eigenvalue weighted by Gasteiger charge is -2.33. The summed E-state index contributed by atoms with van der Waals surface area (Å²) in [4.78, 5) is 21.9. The Morgan fingerprint density at radius 2 is 1.60 bits per heavy atom. The SMILES string of the molecule is COc1c(C)cc(Nc2cc3c4c(c2)[C@@H]2CNCC[C@@H]2N4CCOC3)cc1C.O=C(C(=O)C(F)(F)F)C(F)(F)F. The number of hydrogen-bond donors (Lipinski definition) is 2. The number of Topliss-reactive ketones (excluding diaryl/α,β-unsaturated/α-hetero) is 2. The third-order valence-corrected chi connectivity index (χ3v) is 7.16. The predicted octanol–water partition coefficient (Wildman–Crippen LogP) is 5.10. The summed E-state index contributed by atoms with van der Waals surface area (Å²) in [7, 11) is 1.73. The molecule has 2 aromatic carbocycles. The van der Waals surface area contributed by atoms with E-state index in [-0.39, 0.29) is 0 Å². The van der Waals surface area contributed by atoms with Gasteiger partial charge >= 0.3 is 23.9 Å². The van der Waals surface area contributed by atoms with E-state index in [0.717, 1.165) is 54.5 Å². The van der Waals surface area contributed by atoms with Crippen molar-refractivity contribution < 1.29 is 45.4 Å². The van der Waals surface area contributed by atoms with Crippen molar-refractivity contribution in [3.05, 3.63) is 46.5 Å². The number of hydrogen-bond acceptors (Lipinski definition) is 7. The minimum atomic E-state index is -5.77. The van der Waals surface area contributed by atoms with Gasteiger partial charge in [-0.1, -0.05) is 0 Å². The van der Waals surface area contributed by atoms with Crippen LogP contribution < -0.4 is 20.3 Å². The Labute approximate surface area is 226 Å². The molecule has 218 valence electrons. The van der Waals surface area contributed by atoms with E-state index in [1.54, 1.807) is 7.11 Å². The van der Waals surface area contributed by atoms with Gasteiger partial charge in [-0.3, -0.25) is 9.59 Å². The Bertz CT molecular complexity index is 1250. The van der Waals surface area contributed by atoms with Crippen LogP contribution in [0.25, 0.3) is 0 Å². The van der Waals surface area contributed by atoms with Crippen LogP contribution in [0.1, 0.15) is 34.6 Å². The van der Waals surface area contributed by atoms with Crippen LogP contribution in [-0.4, -0.2) is 63.3 Å². The number of nitrogens with zero attached hydrogens (tertiary/aromatic N) is 1. The molecule has 0 saturated carbocycles. The van der Waals surface area contributed by atoms with Crippen LogP contribution in [0.2, 0.25) is 0 Å². The molecule has 0 unspecified atom stereocenters. The van der Waals surface area contributed by atoms with Crippen molar-refractivity contribution in [3.63, 3.8) is 0 Å². The second kappa shape index (κ2) is 11.3. The summed E-state index contributed by atoms with van der Waals surface area (Å²) in [6.45, 7) is 8.88. The van der Waals surface area contributed by atoms with E-state index >= 15 is 0 Å². The number of rotatable bonds is 4. The number of aryl methyl sites for hydroxylation is 2. The average molecular weight is 574 g/mol. The first-order valence-corrected chi connectivity index (χ1v) is 12.6.